The molecule has 0 aliphatic heterocycles. The van der Waals surface area contributed by atoms with Crippen LogP contribution < -0.4 is 10.6 Å². The van der Waals surface area contributed by atoms with Crippen molar-refractivity contribution in [3.8, 4) is 0 Å². The lowest BCUT2D eigenvalue weighted by molar-refractivity contribution is 0.237. The van der Waals surface area contributed by atoms with Crippen LogP contribution in [0.25, 0.3) is 0 Å². The van der Waals surface area contributed by atoms with Crippen LogP contribution in [0.5, 0.6) is 0 Å². The van der Waals surface area contributed by atoms with Gasteiger partial charge in [0.1, 0.15) is 0 Å². The summed E-state index contributed by atoms with van der Waals surface area (Å²) in [5.74, 6) is 0. The van der Waals surface area contributed by atoms with Gasteiger partial charge in [-0.15, -0.1) is 0 Å². The number of aryl methyl sites for hydroxylation is 1. The number of amides is 2. The number of nitrogens with one attached hydrogen (secondary N) is 2. The summed E-state index contributed by atoms with van der Waals surface area (Å²) in [6, 6.07) is 15.3. The molecule has 0 saturated carbocycles. The molecule has 0 aromatic heterocycles. The van der Waals surface area contributed by atoms with E-state index in [-0.39, 0.29) is 12.1 Å². The minimum absolute atomic E-state index is 0.0956. The van der Waals surface area contributed by atoms with Crippen LogP contribution in [0, 0.1) is 6.92 Å². The molecule has 2 aromatic carbocycles. The van der Waals surface area contributed by atoms with Crippen LogP contribution in [0.1, 0.15) is 29.7 Å². The summed E-state index contributed by atoms with van der Waals surface area (Å²) in [5, 5.41) is 6.41. The smallest absolute Gasteiger partial charge is 0.315 e. The Labute approximate surface area is 130 Å². The van der Waals surface area contributed by atoms with E-state index < -0.39 is 0 Å². The zero-order chi connectivity index (χ0) is 15.2. The SMILES string of the molecule is Cc1ccc(CNC(=O)NC(C)c2cccc(Cl)c2)cc1. The highest BCUT2D eigenvalue weighted by molar-refractivity contribution is 6.30. The van der Waals surface area contributed by atoms with Gasteiger partial charge in [-0.2, -0.15) is 0 Å². The van der Waals surface area contributed by atoms with E-state index in [1.165, 1.54) is 5.56 Å². The fourth-order valence-electron chi connectivity index (χ4n) is 2.00. The van der Waals surface area contributed by atoms with Crippen LogP contribution in [-0.4, -0.2) is 6.03 Å². The average molecular weight is 303 g/mol. The third kappa shape index (κ3) is 4.80. The van der Waals surface area contributed by atoms with Crippen molar-refractivity contribution in [1.29, 1.82) is 0 Å². The van der Waals surface area contributed by atoms with E-state index in [1.807, 2.05) is 62.4 Å². The molecule has 2 N–H and O–H groups in total. The standard InChI is InChI=1S/C17H19ClN2O/c1-12-6-8-14(9-7-12)11-19-17(21)20-13(2)15-4-3-5-16(18)10-15/h3-10,13H,11H2,1-2H3,(H2,19,20,21). The van der Waals surface area contributed by atoms with Crippen LogP contribution in [0.3, 0.4) is 0 Å². The van der Waals surface area contributed by atoms with E-state index in [2.05, 4.69) is 10.6 Å². The van der Waals surface area contributed by atoms with Gasteiger partial charge in [0.05, 0.1) is 6.04 Å². The van der Waals surface area contributed by atoms with E-state index in [0.29, 0.717) is 11.6 Å². The van der Waals surface area contributed by atoms with E-state index in [0.717, 1.165) is 11.1 Å². The lowest BCUT2D eigenvalue weighted by atomic mass is 10.1. The van der Waals surface area contributed by atoms with Crippen molar-refractivity contribution in [1.82, 2.24) is 10.6 Å². The number of carbonyl (C=O) groups excluding carboxylic acids is 1. The second-order valence-electron chi connectivity index (χ2n) is 5.09. The highest BCUT2D eigenvalue weighted by Crippen LogP contribution is 2.17. The zero-order valence-corrected chi connectivity index (χ0v) is 12.9. The molecule has 2 rings (SSSR count). The second kappa shape index (κ2) is 7.14. The number of benzene rings is 2. The van der Waals surface area contributed by atoms with Gasteiger partial charge in [-0.1, -0.05) is 53.6 Å². The van der Waals surface area contributed by atoms with Crippen molar-refractivity contribution in [3.05, 3.63) is 70.2 Å². The van der Waals surface area contributed by atoms with Crippen molar-refractivity contribution in [2.45, 2.75) is 26.4 Å². The molecule has 0 bridgehead atoms. The fourth-order valence-corrected chi connectivity index (χ4v) is 2.19. The topological polar surface area (TPSA) is 41.1 Å². The Morgan fingerprint density at radius 2 is 1.90 bits per heavy atom. The minimum atomic E-state index is -0.192. The third-order valence-electron chi connectivity index (χ3n) is 3.27. The molecule has 4 heteroatoms. The van der Waals surface area contributed by atoms with Gasteiger partial charge in [0.25, 0.3) is 0 Å². The summed E-state index contributed by atoms with van der Waals surface area (Å²) in [6.45, 7) is 4.47. The summed E-state index contributed by atoms with van der Waals surface area (Å²) in [5.41, 5.74) is 3.26. The lowest BCUT2D eigenvalue weighted by Gasteiger charge is -2.15. The maximum atomic E-state index is 11.9. The average Bonchev–Trinajstić information content (AvgIpc) is 2.46. The van der Waals surface area contributed by atoms with E-state index >= 15 is 0 Å². The number of urea groups is 1. The summed E-state index contributed by atoms with van der Waals surface area (Å²) < 4.78 is 0. The molecule has 1 atom stereocenters. The van der Waals surface area contributed by atoms with Crippen molar-refractivity contribution in [3.63, 3.8) is 0 Å². The molecule has 0 aliphatic carbocycles. The Morgan fingerprint density at radius 3 is 2.57 bits per heavy atom. The number of carbonyl (C=O) groups is 1. The predicted molar refractivity (Wildman–Crippen MR) is 86.4 cm³/mol. The lowest BCUT2D eigenvalue weighted by Crippen LogP contribution is -2.36. The maximum absolute atomic E-state index is 11.9. The molecule has 21 heavy (non-hydrogen) atoms. The maximum Gasteiger partial charge on any atom is 0.315 e. The second-order valence-corrected chi connectivity index (χ2v) is 5.53. The van der Waals surface area contributed by atoms with Gasteiger partial charge in [0.15, 0.2) is 0 Å². The van der Waals surface area contributed by atoms with Gasteiger partial charge in [-0.25, -0.2) is 4.79 Å². The Kier molecular flexibility index (Phi) is 5.23. The fraction of sp³-hybridized carbons (Fsp3) is 0.235. The third-order valence-corrected chi connectivity index (χ3v) is 3.51. The van der Waals surface area contributed by atoms with Crippen molar-refractivity contribution in [2.75, 3.05) is 0 Å². The molecule has 2 amide bonds. The molecule has 0 fully saturated rings. The van der Waals surface area contributed by atoms with Crippen LogP contribution in [0.4, 0.5) is 4.79 Å². The summed E-state index contributed by atoms with van der Waals surface area (Å²) in [6.07, 6.45) is 0. The molecule has 2 aromatic rings. The first-order valence-electron chi connectivity index (χ1n) is 6.90. The Morgan fingerprint density at radius 1 is 1.19 bits per heavy atom. The van der Waals surface area contributed by atoms with Crippen molar-refractivity contribution < 1.29 is 4.79 Å². The minimum Gasteiger partial charge on any atom is -0.334 e. The molecule has 0 aliphatic rings. The largest absolute Gasteiger partial charge is 0.334 e. The Bertz CT molecular complexity index is 610. The van der Waals surface area contributed by atoms with E-state index in [4.69, 9.17) is 11.6 Å². The molecule has 0 radical (unpaired) electrons. The van der Waals surface area contributed by atoms with Gasteiger partial charge in [0.2, 0.25) is 0 Å². The van der Waals surface area contributed by atoms with Gasteiger partial charge in [-0.3, -0.25) is 0 Å². The summed E-state index contributed by atoms with van der Waals surface area (Å²) >= 11 is 5.95. The zero-order valence-electron chi connectivity index (χ0n) is 12.2. The first-order valence-corrected chi connectivity index (χ1v) is 7.28. The molecule has 1 unspecified atom stereocenters. The number of hydrogen-bond acceptors (Lipinski definition) is 1. The van der Waals surface area contributed by atoms with E-state index in [9.17, 15) is 4.79 Å². The molecule has 0 saturated heterocycles. The first kappa shape index (κ1) is 15.4. The van der Waals surface area contributed by atoms with Crippen molar-refractivity contribution in [2.24, 2.45) is 0 Å². The van der Waals surface area contributed by atoms with Crippen LogP contribution in [-0.2, 0) is 6.54 Å². The highest BCUT2D eigenvalue weighted by Gasteiger charge is 2.09. The molecular weight excluding hydrogens is 284 g/mol. The first-order chi connectivity index (χ1) is 10.0. The van der Waals surface area contributed by atoms with E-state index in [1.54, 1.807) is 0 Å². The van der Waals surface area contributed by atoms with Crippen molar-refractivity contribution >= 4 is 17.6 Å². The predicted octanol–water partition coefficient (Wildman–Crippen LogP) is 4.21. The van der Waals surface area contributed by atoms with Gasteiger partial charge in [-0.05, 0) is 37.1 Å². The number of rotatable bonds is 4. The number of hydrogen-bond donors (Lipinski definition) is 2. The monoisotopic (exact) mass is 302 g/mol. The van der Waals surface area contributed by atoms with Gasteiger partial charge < -0.3 is 10.6 Å². The van der Waals surface area contributed by atoms with Gasteiger partial charge >= 0.3 is 6.03 Å². The summed E-state index contributed by atoms with van der Waals surface area (Å²) in [7, 11) is 0. The molecule has 110 valence electrons. The Hall–Kier alpha value is -2.00. The van der Waals surface area contributed by atoms with Crippen LogP contribution in [0.2, 0.25) is 5.02 Å². The normalized spacial score (nSPS) is 11.8. The molecule has 3 nitrogen and oxygen atoms in total. The highest BCUT2D eigenvalue weighted by atomic mass is 35.5. The Balaban J connectivity index is 1.85. The van der Waals surface area contributed by atoms with Crippen LogP contribution >= 0.6 is 11.6 Å². The molecule has 0 heterocycles. The quantitative estimate of drug-likeness (QED) is 0.873. The van der Waals surface area contributed by atoms with Gasteiger partial charge in [0, 0.05) is 11.6 Å². The molecular formula is C17H19ClN2O. The van der Waals surface area contributed by atoms with Crippen LogP contribution in [0.15, 0.2) is 48.5 Å². The number of halogens is 1. The summed E-state index contributed by atoms with van der Waals surface area (Å²) in [4.78, 5) is 11.9. The molecule has 0 spiro atoms.